The Bertz CT molecular complexity index is 1670. The largest absolute Gasteiger partial charge is 0.459 e. The second-order valence-corrected chi connectivity index (χ2v) is 15.0. The molecule has 4 aliphatic carbocycles. The van der Waals surface area contributed by atoms with E-state index in [4.69, 9.17) is 16.3 Å². The molecule has 250 valence electrons. The van der Waals surface area contributed by atoms with Gasteiger partial charge in [0.05, 0.1) is 12.2 Å². The molecule has 3 aromatic carbocycles. The van der Waals surface area contributed by atoms with Crippen LogP contribution < -0.4 is 4.90 Å². The molecule has 7 nitrogen and oxygen atoms in total. The number of carbonyl (C=O) groups excluding carboxylic acids is 4. The number of halogens is 1. The summed E-state index contributed by atoms with van der Waals surface area (Å²) in [5, 5.41) is 0.510. The van der Waals surface area contributed by atoms with Gasteiger partial charge in [-0.3, -0.25) is 14.4 Å². The van der Waals surface area contributed by atoms with Crippen molar-refractivity contribution < 1.29 is 23.9 Å². The Morgan fingerprint density at radius 1 is 0.854 bits per heavy atom. The van der Waals surface area contributed by atoms with E-state index in [9.17, 15) is 14.4 Å². The Kier molecular flexibility index (Phi) is 9.16. The van der Waals surface area contributed by atoms with Crippen molar-refractivity contribution in [2.75, 3.05) is 4.90 Å². The van der Waals surface area contributed by atoms with Crippen LogP contribution in [0.3, 0.4) is 0 Å². The molecule has 0 aromatic heterocycles. The fourth-order valence-electron chi connectivity index (χ4n) is 9.61. The highest BCUT2D eigenvalue weighted by Crippen LogP contribution is 2.62. The van der Waals surface area contributed by atoms with Crippen LogP contribution in [0.2, 0.25) is 5.02 Å². The van der Waals surface area contributed by atoms with Gasteiger partial charge in [-0.1, -0.05) is 79.2 Å². The fraction of sp³-hybridized carbons (Fsp3) is 0.450. The van der Waals surface area contributed by atoms with Crippen molar-refractivity contribution in [1.82, 2.24) is 4.90 Å². The van der Waals surface area contributed by atoms with Crippen molar-refractivity contribution in [2.45, 2.75) is 89.9 Å². The Balaban J connectivity index is 1.34. The van der Waals surface area contributed by atoms with Gasteiger partial charge in [-0.25, -0.2) is 4.79 Å². The standard InChI is InChI=1S/C40H43ClN2O5/c1-2-37(45)43-34(39(47)48-25-26-10-4-3-5-11-26)19-36(44)31-13-7-9-15-33(31)42(24-30-12-6-8-14-32(30)41)38(46)35(43)23-40-20-27-16-28(21-40)18-29(17-27)22-40/h3-15,27-29,34-35H,2,16-25H2,1H3/t27?,28?,29?,34-,35+,40?/m0/s1. The van der Waals surface area contributed by atoms with Crippen LogP contribution in [0.15, 0.2) is 78.9 Å². The lowest BCUT2D eigenvalue weighted by molar-refractivity contribution is -0.161. The second kappa shape index (κ2) is 13.5. The molecule has 4 bridgehead atoms. The van der Waals surface area contributed by atoms with Crippen molar-refractivity contribution in [1.29, 1.82) is 0 Å². The highest BCUT2D eigenvalue weighted by molar-refractivity contribution is 6.31. The van der Waals surface area contributed by atoms with E-state index < -0.39 is 18.1 Å². The first-order valence-corrected chi connectivity index (χ1v) is 17.8. The maximum atomic E-state index is 15.4. The molecule has 4 saturated carbocycles. The number of fused-ring (bicyclic) bond motifs is 1. The smallest absolute Gasteiger partial charge is 0.329 e. The minimum Gasteiger partial charge on any atom is -0.459 e. The fourth-order valence-corrected chi connectivity index (χ4v) is 9.81. The van der Waals surface area contributed by atoms with Crippen molar-refractivity contribution in [3.63, 3.8) is 0 Å². The van der Waals surface area contributed by atoms with Crippen LogP contribution in [0, 0.1) is 23.2 Å². The summed E-state index contributed by atoms with van der Waals surface area (Å²) in [6.45, 7) is 1.87. The number of nitrogens with zero attached hydrogens (tertiary/aromatic N) is 2. The lowest BCUT2D eigenvalue weighted by atomic mass is 9.48. The molecular formula is C40H43ClN2O5. The van der Waals surface area contributed by atoms with Gasteiger partial charge in [-0.15, -0.1) is 0 Å². The molecule has 4 fully saturated rings. The van der Waals surface area contributed by atoms with E-state index in [-0.39, 0.29) is 49.0 Å². The average molecular weight is 667 g/mol. The number of amides is 2. The van der Waals surface area contributed by atoms with E-state index in [1.807, 2.05) is 54.6 Å². The van der Waals surface area contributed by atoms with Gasteiger partial charge >= 0.3 is 5.97 Å². The number of carbonyl (C=O) groups is 4. The molecule has 8 heteroatoms. The summed E-state index contributed by atoms with van der Waals surface area (Å²) in [5.41, 5.74) is 2.22. The molecule has 48 heavy (non-hydrogen) atoms. The molecule has 0 unspecified atom stereocenters. The Morgan fingerprint density at radius 3 is 2.15 bits per heavy atom. The summed E-state index contributed by atoms with van der Waals surface area (Å²) < 4.78 is 5.85. The molecule has 0 radical (unpaired) electrons. The zero-order valence-electron chi connectivity index (χ0n) is 27.5. The Hall–Kier alpha value is -3.97. The molecule has 3 aromatic rings. The molecule has 1 aliphatic heterocycles. The predicted molar refractivity (Wildman–Crippen MR) is 184 cm³/mol. The molecule has 0 saturated heterocycles. The van der Waals surface area contributed by atoms with Gasteiger partial charge in [0.15, 0.2) is 5.78 Å². The molecule has 0 N–H and O–H groups in total. The summed E-state index contributed by atoms with van der Waals surface area (Å²) >= 11 is 6.65. The van der Waals surface area contributed by atoms with E-state index in [2.05, 4.69) is 0 Å². The molecule has 8 rings (SSSR count). The first kappa shape index (κ1) is 32.6. The van der Waals surface area contributed by atoms with Gasteiger partial charge in [0, 0.05) is 23.4 Å². The Labute approximate surface area is 287 Å². The number of hydrogen-bond acceptors (Lipinski definition) is 5. The third kappa shape index (κ3) is 6.41. The SMILES string of the molecule is CCC(=O)N1[C@H](CC23CC4CC(CC(C4)C2)C3)C(=O)N(Cc2ccccc2Cl)c2ccccc2C(=O)C[C@H]1C(=O)OCc1ccccc1. The van der Waals surface area contributed by atoms with Crippen LogP contribution in [0.1, 0.15) is 86.2 Å². The summed E-state index contributed by atoms with van der Waals surface area (Å²) in [5.74, 6) is 0.262. The first-order valence-electron chi connectivity index (χ1n) is 17.4. The topological polar surface area (TPSA) is 84.0 Å². The van der Waals surface area contributed by atoms with Crippen LogP contribution in [0.4, 0.5) is 5.69 Å². The van der Waals surface area contributed by atoms with E-state index in [0.717, 1.165) is 30.4 Å². The summed E-state index contributed by atoms with van der Waals surface area (Å²) in [6.07, 6.45) is 7.07. The van der Waals surface area contributed by atoms with Crippen LogP contribution in [-0.2, 0) is 32.3 Å². The number of Topliss-reactive ketones (excluding diaryl/α,β-unsaturated/α-hetero) is 1. The van der Waals surface area contributed by atoms with Gasteiger partial charge in [-0.2, -0.15) is 0 Å². The number of anilines is 1. The zero-order chi connectivity index (χ0) is 33.4. The molecular weight excluding hydrogens is 624 g/mol. The number of ether oxygens (including phenoxy) is 1. The number of esters is 1. The van der Waals surface area contributed by atoms with Crippen molar-refractivity contribution in [3.05, 3.63) is 101 Å². The quantitative estimate of drug-likeness (QED) is 0.229. The highest BCUT2D eigenvalue weighted by atomic mass is 35.5. The molecule has 1 heterocycles. The van der Waals surface area contributed by atoms with Gasteiger partial charge in [0.25, 0.3) is 0 Å². The monoisotopic (exact) mass is 666 g/mol. The normalized spacial score (nSPS) is 28.0. The maximum Gasteiger partial charge on any atom is 0.329 e. The summed E-state index contributed by atoms with van der Waals surface area (Å²) in [7, 11) is 0. The third-order valence-corrected chi connectivity index (χ3v) is 11.6. The van der Waals surface area contributed by atoms with Gasteiger partial charge in [0.1, 0.15) is 18.7 Å². The summed E-state index contributed by atoms with van der Waals surface area (Å²) in [4.78, 5) is 61.0. The van der Waals surface area contributed by atoms with Crippen molar-refractivity contribution in [3.8, 4) is 0 Å². The third-order valence-electron chi connectivity index (χ3n) is 11.3. The number of benzene rings is 3. The molecule has 2 amide bonds. The van der Waals surface area contributed by atoms with Crippen LogP contribution in [0.25, 0.3) is 0 Å². The van der Waals surface area contributed by atoms with Crippen molar-refractivity contribution >= 4 is 40.9 Å². The van der Waals surface area contributed by atoms with E-state index in [0.29, 0.717) is 40.4 Å². The first-order chi connectivity index (χ1) is 23.2. The highest BCUT2D eigenvalue weighted by Gasteiger charge is 2.54. The minimum absolute atomic E-state index is 0.00132. The number of hydrogen-bond donors (Lipinski definition) is 0. The molecule has 0 spiro atoms. The number of para-hydroxylation sites is 1. The maximum absolute atomic E-state index is 15.4. The minimum atomic E-state index is -1.25. The lowest BCUT2D eigenvalue weighted by Gasteiger charge is -2.58. The van der Waals surface area contributed by atoms with Gasteiger partial charge in [-0.05, 0) is 97.4 Å². The van der Waals surface area contributed by atoms with E-state index >= 15 is 4.79 Å². The number of ketones is 1. The van der Waals surface area contributed by atoms with Crippen LogP contribution >= 0.6 is 11.6 Å². The van der Waals surface area contributed by atoms with Crippen LogP contribution in [-0.4, -0.2) is 40.6 Å². The van der Waals surface area contributed by atoms with Crippen LogP contribution in [0.5, 0.6) is 0 Å². The molecule has 5 aliphatic rings. The zero-order valence-corrected chi connectivity index (χ0v) is 28.2. The summed E-state index contributed by atoms with van der Waals surface area (Å²) in [6, 6.07) is 21.6. The Morgan fingerprint density at radius 2 is 1.48 bits per heavy atom. The second-order valence-electron chi connectivity index (χ2n) is 14.6. The van der Waals surface area contributed by atoms with Gasteiger partial charge in [0.2, 0.25) is 11.8 Å². The van der Waals surface area contributed by atoms with E-state index in [1.165, 1.54) is 24.2 Å². The lowest BCUT2D eigenvalue weighted by Crippen LogP contribution is -2.59. The average Bonchev–Trinajstić information content (AvgIpc) is 3.11. The predicted octanol–water partition coefficient (Wildman–Crippen LogP) is 7.79. The van der Waals surface area contributed by atoms with E-state index in [1.54, 1.807) is 36.1 Å². The van der Waals surface area contributed by atoms with Gasteiger partial charge < -0.3 is 14.5 Å². The molecule has 2 atom stereocenters. The van der Waals surface area contributed by atoms with Crippen molar-refractivity contribution in [2.24, 2.45) is 23.2 Å². The number of rotatable bonds is 8.